The van der Waals surface area contributed by atoms with Gasteiger partial charge in [-0.2, -0.15) is 0 Å². The molecule has 0 spiro atoms. The number of aromatic amines is 1. The van der Waals surface area contributed by atoms with E-state index in [-0.39, 0.29) is 19.1 Å². The van der Waals surface area contributed by atoms with Gasteiger partial charge in [0.05, 0.1) is 18.4 Å². The van der Waals surface area contributed by atoms with E-state index in [2.05, 4.69) is 21.4 Å². The number of carbonyl (C=O) groups excluding carboxylic acids is 1. The van der Waals surface area contributed by atoms with Crippen LogP contribution in [0.15, 0.2) is 105 Å². The van der Waals surface area contributed by atoms with Gasteiger partial charge in [-0.15, -0.1) is 4.74 Å². The molecule has 0 atom stereocenters. The molecule has 0 fully saturated rings. The van der Waals surface area contributed by atoms with Gasteiger partial charge in [0.15, 0.2) is 6.61 Å². The molecule has 2 aromatic heterocycles. The molecule has 0 saturated heterocycles. The van der Waals surface area contributed by atoms with E-state index in [1.165, 1.54) is 0 Å². The zero-order chi connectivity index (χ0) is 27.9. The molecule has 10 nitrogen and oxygen atoms in total. The molecule has 2 N–H and O–H groups in total. The summed E-state index contributed by atoms with van der Waals surface area (Å²) < 4.78 is 17.4. The zero-order valence-corrected chi connectivity index (χ0v) is 21.6. The van der Waals surface area contributed by atoms with Crippen LogP contribution in [0.3, 0.4) is 0 Å². The average Bonchev–Trinajstić information content (AvgIpc) is 3.28. The maximum Gasteiger partial charge on any atom is 0.440 e. The first-order valence-electron chi connectivity index (χ1n) is 12.5. The number of rotatable bonds is 10. The highest BCUT2D eigenvalue weighted by Crippen LogP contribution is 2.28. The number of nitrogens with one attached hydrogen (secondary N) is 2. The molecule has 0 saturated carbocycles. The second-order valence-electron chi connectivity index (χ2n) is 9.03. The third-order valence-corrected chi connectivity index (χ3v) is 6.03. The van der Waals surface area contributed by atoms with Crippen LogP contribution in [-0.4, -0.2) is 27.2 Å². The molecule has 0 bridgehead atoms. The Hall–Kier alpha value is -5.38. The molecule has 2 heterocycles. The molecule has 5 rings (SSSR count). The molecule has 0 aliphatic rings. The summed E-state index contributed by atoms with van der Waals surface area (Å²) in [6.45, 7) is 2.39. The third kappa shape index (κ3) is 6.73. The summed E-state index contributed by atoms with van der Waals surface area (Å²) in [6, 6.07) is 24.5. The third-order valence-electron chi connectivity index (χ3n) is 6.03. The molecule has 10 heteroatoms. The number of aryl methyl sites for hydroxylation is 1. The number of ether oxygens (including phenoxy) is 2. The highest BCUT2D eigenvalue weighted by atomic mass is 16.5. The Morgan fingerprint density at radius 1 is 0.950 bits per heavy atom. The smallest absolute Gasteiger partial charge is 0.440 e. The average molecular weight is 539 g/mol. The Bertz CT molecular complexity index is 1720. The van der Waals surface area contributed by atoms with Crippen LogP contribution in [0.4, 0.5) is 5.69 Å². The molecule has 3 aromatic carbocycles. The number of carbonyl (C=O) groups is 1. The van der Waals surface area contributed by atoms with Crippen molar-refractivity contribution in [2.75, 3.05) is 11.9 Å². The van der Waals surface area contributed by atoms with E-state index in [0.717, 1.165) is 32.6 Å². The summed E-state index contributed by atoms with van der Waals surface area (Å²) >= 11 is 0. The van der Waals surface area contributed by atoms with Crippen LogP contribution in [0.1, 0.15) is 16.7 Å². The maximum absolute atomic E-state index is 12.2. The number of nitrogens with zero attached hydrogens (tertiary/aromatic N) is 2. The first-order chi connectivity index (χ1) is 19.4. The summed E-state index contributed by atoms with van der Waals surface area (Å²) in [5.74, 6) is 0.228. The maximum atomic E-state index is 12.2. The van der Waals surface area contributed by atoms with Gasteiger partial charge in [0, 0.05) is 6.20 Å². The number of benzene rings is 3. The molecular formula is C30H26N4O6. The SMILES string of the molecule is Cc1cc(OCC(=O)Nc2cccnc2)ccc1-c1cccc(COc2ccc(Cn3oc(=O)[nH]c3=O)cc2)c1. The van der Waals surface area contributed by atoms with Crippen LogP contribution in [0.25, 0.3) is 11.1 Å². The summed E-state index contributed by atoms with van der Waals surface area (Å²) in [6.07, 6.45) is 3.21. The topological polar surface area (TPSA) is 128 Å². The van der Waals surface area contributed by atoms with Gasteiger partial charge in [-0.1, -0.05) is 36.4 Å². The van der Waals surface area contributed by atoms with Gasteiger partial charge in [0.1, 0.15) is 18.1 Å². The quantitative estimate of drug-likeness (QED) is 0.273. The van der Waals surface area contributed by atoms with Crippen molar-refractivity contribution in [1.29, 1.82) is 0 Å². The number of pyridine rings is 1. The number of hydrogen-bond donors (Lipinski definition) is 2. The lowest BCUT2D eigenvalue weighted by Gasteiger charge is -2.12. The molecule has 202 valence electrons. The Balaban J connectivity index is 1.17. The van der Waals surface area contributed by atoms with Crippen molar-refractivity contribution < 1.29 is 18.8 Å². The van der Waals surface area contributed by atoms with E-state index in [9.17, 15) is 14.4 Å². The second-order valence-corrected chi connectivity index (χ2v) is 9.03. The van der Waals surface area contributed by atoms with E-state index < -0.39 is 11.4 Å². The minimum absolute atomic E-state index is 0.109. The lowest BCUT2D eigenvalue weighted by molar-refractivity contribution is -0.118. The second kappa shape index (κ2) is 12.0. The van der Waals surface area contributed by atoms with Crippen LogP contribution in [0, 0.1) is 6.92 Å². The van der Waals surface area contributed by atoms with E-state index in [0.29, 0.717) is 23.8 Å². The number of H-pyrrole nitrogens is 1. The highest BCUT2D eigenvalue weighted by Gasteiger charge is 2.09. The van der Waals surface area contributed by atoms with Gasteiger partial charge in [-0.3, -0.25) is 9.78 Å². The van der Waals surface area contributed by atoms with Crippen LogP contribution in [0.2, 0.25) is 0 Å². The lowest BCUT2D eigenvalue weighted by atomic mass is 9.99. The summed E-state index contributed by atoms with van der Waals surface area (Å²) in [4.78, 5) is 40.9. The van der Waals surface area contributed by atoms with Crippen LogP contribution < -0.4 is 26.2 Å². The van der Waals surface area contributed by atoms with Crippen LogP contribution in [-0.2, 0) is 17.9 Å². The number of hydrogen-bond acceptors (Lipinski definition) is 7. The van der Waals surface area contributed by atoms with Gasteiger partial charge < -0.3 is 19.3 Å². The molecule has 0 unspecified atom stereocenters. The number of anilines is 1. The number of aromatic nitrogens is 3. The lowest BCUT2D eigenvalue weighted by Crippen LogP contribution is -2.20. The summed E-state index contributed by atoms with van der Waals surface area (Å²) in [5, 5.41) is 2.74. The zero-order valence-electron chi connectivity index (χ0n) is 21.6. The van der Waals surface area contributed by atoms with Gasteiger partial charge in [-0.25, -0.2) is 14.6 Å². The molecule has 0 aliphatic carbocycles. The fraction of sp³-hybridized carbons (Fsp3) is 0.133. The highest BCUT2D eigenvalue weighted by molar-refractivity contribution is 5.91. The van der Waals surface area contributed by atoms with Gasteiger partial charge in [0.25, 0.3) is 5.91 Å². The van der Waals surface area contributed by atoms with Crippen molar-refractivity contribution in [3.8, 4) is 22.6 Å². The van der Waals surface area contributed by atoms with Crippen LogP contribution in [0.5, 0.6) is 11.5 Å². The normalized spacial score (nSPS) is 10.7. The van der Waals surface area contributed by atoms with E-state index in [4.69, 9.17) is 14.0 Å². The van der Waals surface area contributed by atoms with E-state index in [1.54, 1.807) is 48.8 Å². The Morgan fingerprint density at radius 2 is 1.77 bits per heavy atom. The fourth-order valence-electron chi connectivity index (χ4n) is 4.10. The predicted molar refractivity (Wildman–Crippen MR) is 148 cm³/mol. The minimum Gasteiger partial charge on any atom is -0.489 e. The largest absolute Gasteiger partial charge is 0.489 e. The molecule has 40 heavy (non-hydrogen) atoms. The summed E-state index contributed by atoms with van der Waals surface area (Å²) in [7, 11) is 0. The molecule has 1 amide bonds. The Kier molecular flexibility index (Phi) is 7.87. The predicted octanol–water partition coefficient (Wildman–Crippen LogP) is 4.14. The molecule has 5 aromatic rings. The Labute approximate surface area is 228 Å². The standard InChI is InChI=1S/C30H26N4O6/c1-20-14-26(39-19-28(35)32-24-6-3-13-31-16-24)11-12-27(20)23-5-2-4-22(15-23)18-38-25-9-7-21(8-10-25)17-34-29(36)33-30(37)40-34/h2-16H,17-19H2,1H3,(H,32,35)(H,33,36,37). The number of amides is 1. The van der Waals surface area contributed by atoms with Crippen molar-refractivity contribution in [3.05, 3.63) is 129 Å². The van der Waals surface area contributed by atoms with Gasteiger partial charge >= 0.3 is 11.4 Å². The van der Waals surface area contributed by atoms with E-state index >= 15 is 0 Å². The molecule has 0 aliphatic heterocycles. The minimum atomic E-state index is -0.784. The van der Waals surface area contributed by atoms with Crippen molar-refractivity contribution in [2.45, 2.75) is 20.1 Å². The van der Waals surface area contributed by atoms with Crippen molar-refractivity contribution in [3.63, 3.8) is 0 Å². The fourth-order valence-corrected chi connectivity index (χ4v) is 4.10. The molecular weight excluding hydrogens is 512 g/mol. The Morgan fingerprint density at radius 3 is 2.50 bits per heavy atom. The van der Waals surface area contributed by atoms with Gasteiger partial charge in [-0.05, 0) is 77.2 Å². The first kappa shape index (κ1) is 26.2. The monoisotopic (exact) mass is 538 g/mol. The van der Waals surface area contributed by atoms with Crippen molar-refractivity contribution >= 4 is 11.6 Å². The first-order valence-corrected chi connectivity index (χ1v) is 12.5. The van der Waals surface area contributed by atoms with Crippen molar-refractivity contribution in [2.24, 2.45) is 0 Å². The van der Waals surface area contributed by atoms with Gasteiger partial charge in [0.2, 0.25) is 0 Å². The summed E-state index contributed by atoms with van der Waals surface area (Å²) in [5.41, 5.74) is 4.90. The van der Waals surface area contributed by atoms with Crippen molar-refractivity contribution in [1.82, 2.24) is 14.7 Å². The van der Waals surface area contributed by atoms with E-state index in [1.807, 2.05) is 43.3 Å². The van der Waals surface area contributed by atoms with Crippen LogP contribution >= 0.6 is 0 Å². The molecule has 0 radical (unpaired) electrons.